The number of carbonyl (C=O) groups is 2. The van der Waals surface area contributed by atoms with Crippen LogP contribution >= 0.6 is 0 Å². The molecule has 0 spiro atoms. The summed E-state index contributed by atoms with van der Waals surface area (Å²) in [4.78, 5) is 24.4. The van der Waals surface area contributed by atoms with E-state index in [0.717, 1.165) is 4.90 Å². The van der Waals surface area contributed by atoms with Crippen molar-refractivity contribution in [3.05, 3.63) is 48.2 Å². The third kappa shape index (κ3) is 1.88. The Morgan fingerprint density at radius 3 is 2.67 bits per heavy atom. The first-order valence-electron chi connectivity index (χ1n) is 4.60. The molecule has 76 valence electrons. The van der Waals surface area contributed by atoms with Crippen molar-refractivity contribution in [3.8, 4) is 0 Å². The lowest BCUT2D eigenvalue weighted by Gasteiger charge is -2.22. The van der Waals surface area contributed by atoms with Crippen molar-refractivity contribution in [1.82, 2.24) is 10.2 Å². The van der Waals surface area contributed by atoms with E-state index in [9.17, 15) is 9.59 Å². The molecule has 0 saturated carbocycles. The van der Waals surface area contributed by atoms with Crippen LogP contribution in [0.5, 0.6) is 0 Å². The Labute approximate surface area is 87.2 Å². The maximum Gasteiger partial charge on any atom is 0.262 e. The van der Waals surface area contributed by atoms with Crippen molar-refractivity contribution >= 4 is 11.8 Å². The molecule has 2 amide bonds. The van der Waals surface area contributed by atoms with Crippen molar-refractivity contribution in [2.24, 2.45) is 0 Å². The smallest absolute Gasteiger partial charge is 0.262 e. The van der Waals surface area contributed by atoms with E-state index in [1.807, 2.05) is 6.07 Å². The molecule has 0 aromatic heterocycles. The minimum absolute atomic E-state index is 0.225. The molecule has 0 unspecified atom stereocenters. The van der Waals surface area contributed by atoms with Crippen molar-refractivity contribution in [3.63, 3.8) is 0 Å². The van der Waals surface area contributed by atoms with Gasteiger partial charge in [0.1, 0.15) is 0 Å². The van der Waals surface area contributed by atoms with Crippen LogP contribution in [0.1, 0.15) is 10.4 Å². The fourth-order valence-corrected chi connectivity index (χ4v) is 1.35. The molecule has 1 aliphatic heterocycles. The van der Waals surface area contributed by atoms with Crippen LogP contribution in [0.25, 0.3) is 0 Å². The quantitative estimate of drug-likeness (QED) is 0.683. The van der Waals surface area contributed by atoms with Crippen molar-refractivity contribution in [2.45, 2.75) is 0 Å². The zero-order chi connectivity index (χ0) is 10.7. The van der Waals surface area contributed by atoms with Crippen LogP contribution in [0.15, 0.2) is 42.6 Å². The molecule has 1 aliphatic rings. The molecule has 4 heteroatoms. The molecule has 1 aromatic rings. The van der Waals surface area contributed by atoms with E-state index in [4.69, 9.17) is 0 Å². The van der Waals surface area contributed by atoms with Crippen LogP contribution in [-0.4, -0.2) is 23.4 Å². The Hall–Kier alpha value is -2.10. The van der Waals surface area contributed by atoms with Gasteiger partial charge >= 0.3 is 0 Å². The molecule has 0 radical (unpaired) electrons. The Morgan fingerprint density at radius 2 is 2.00 bits per heavy atom. The Morgan fingerprint density at radius 1 is 1.27 bits per heavy atom. The molecule has 0 aliphatic carbocycles. The Kier molecular flexibility index (Phi) is 2.49. The lowest BCUT2D eigenvalue weighted by molar-refractivity contribution is -0.124. The van der Waals surface area contributed by atoms with Crippen LogP contribution < -0.4 is 5.32 Å². The summed E-state index contributed by atoms with van der Waals surface area (Å²) in [5.41, 5.74) is 0.517. The van der Waals surface area contributed by atoms with Gasteiger partial charge in [0.2, 0.25) is 0 Å². The van der Waals surface area contributed by atoms with E-state index in [2.05, 4.69) is 5.32 Å². The van der Waals surface area contributed by atoms with Crippen LogP contribution in [0, 0.1) is 0 Å². The summed E-state index contributed by atoms with van der Waals surface area (Å²) in [5, 5.41) is 2.82. The van der Waals surface area contributed by atoms with Crippen molar-refractivity contribution in [2.75, 3.05) is 6.67 Å². The fraction of sp³-hybridized carbons (Fsp3) is 0.0909. The molecule has 0 fully saturated rings. The number of nitrogens with one attached hydrogen (secondary N) is 1. The maximum absolute atomic E-state index is 11.8. The van der Waals surface area contributed by atoms with Gasteiger partial charge in [-0.25, -0.2) is 0 Å². The summed E-state index contributed by atoms with van der Waals surface area (Å²) < 4.78 is 0. The standard InChI is InChI=1S/C11H10N2O2/c14-10-6-7-12-8-13(10)11(15)9-4-2-1-3-5-9/h1-7,12H,8H2. The predicted octanol–water partition coefficient (Wildman–Crippen LogP) is 0.730. The SMILES string of the molecule is O=C1C=CNCN1C(=O)c1ccccc1. The van der Waals surface area contributed by atoms with Gasteiger partial charge < -0.3 is 5.32 Å². The van der Waals surface area contributed by atoms with Gasteiger partial charge in [-0.05, 0) is 12.1 Å². The largest absolute Gasteiger partial charge is 0.373 e. The highest BCUT2D eigenvalue weighted by Crippen LogP contribution is 2.06. The zero-order valence-electron chi connectivity index (χ0n) is 8.01. The third-order valence-electron chi connectivity index (χ3n) is 2.13. The maximum atomic E-state index is 11.8. The molecule has 0 bridgehead atoms. The van der Waals surface area contributed by atoms with Crippen LogP contribution in [-0.2, 0) is 4.79 Å². The number of amides is 2. The fourth-order valence-electron chi connectivity index (χ4n) is 1.35. The topological polar surface area (TPSA) is 49.4 Å². The van der Waals surface area contributed by atoms with Gasteiger partial charge in [-0.15, -0.1) is 0 Å². The minimum Gasteiger partial charge on any atom is -0.373 e. The average Bonchev–Trinajstić information content (AvgIpc) is 2.30. The number of imide groups is 1. The summed E-state index contributed by atoms with van der Waals surface area (Å²) in [7, 11) is 0. The van der Waals surface area contributed by atoms with Crippen LogP contribution in [0.2, 0.25) is 0 Å². The number of hydrogen-bond acceptors (Lipinski definition) is 3. The zero-order valence-corrected chi connectivity index (χ0v) is 8.01. The monoisotopic (exact) mass is 202 g/mol. The molecule has 2 rings (SSSR count). The minimum atomic E-state index is -0.289. The number of nitrogens with zero attached hydrogens (tertiary/aromatic N) is 1. The van der Waals surface area contributed by atoms with Crippen molar-refractivity contribution < 1.29 is 9.59 Å². The van der Waals surface area contributed by atoms with E-state index in [1.54, 1.807) is 24.3 Å². The summed E-state index contributed by atoms with van der Waals surface area (Å²) in [6, 6.07) is 8.74. The second kappa shape index (κ2) is 3.96. The molecule has 0 atom stereocenters. The first-order valence-corrected chi connectivity index (χ1v) is 4.60. The van der Waals surface area contributed by atoms with E-state index < -0.39 is 0 Å². The van der Waals surface area contributed by atoms with E-state index in [0.29, 0.717) is 5.56 Å². The molecular weight excluding hydrogens is 192 g/mol. The normalized spacial score (nSPS) is 14.9. The molecule has 0 saturated heterocycles. The van der Waals surface area contributed by atoms with Gasteiger partial charge in [-0.1, -0.05) is 18.2 Å². The highest BCUT2D eigenvalue weighted by molar-refractivity contribution is 6.08. The van der Waals surface area contributed by atoms with Gasteiger partial charge in [-0.3, -0.25) is 14.5 Å². The van der Waals surface area contributed by atoms with Gasteiger partial charge in [0.15, 0.2) is 0 Å². The highest BCUT2D eigenvalue weighted by atomic mass is 16.2. The molecule has 1 N–H and O–H groups in total. The summed E-state index contributed by atoms with van der Waals surface area (Å²) in [6.45, 7) is 0.225. The van der Waals surface area contributed by atoms with E-state index in [-0.39, 0.29) is 18.5 Å². The van der Waals surface area contributed by atoms with Crippen LogP contribution in [0.3, 0.4) is 0 Å². The van der Waals surface area contributed by atoms with Gasteiger partial charge in [0, 0.05) is 17.8 Å². The van der Waals surface area contributed by atoms with Gasteiger partial charge in [-0.2, -0.15) is 0 Å². The van der Waals surface area contributed by atoms with Gasteiger partial charge in [0.25, 0.3) is 11.8 Å². The van der Waals surface area contributed by atoms with E-state index in [1.165, 1.54) is 12.3 Å². The van der Waals surface area contributed by atoms with Gasteiger partial charge in [0.05, 0.1) is 6.67 Å². The lowest BCUT2D eigenvalue weighted by Crippen LogP contribution is -2.43. The highest BCUT2D eigenvalue weighted by Gasteiger charge is 2.21. The number of benzene rings is 1. The Bertz CT molecular complexity index is 412. The lowest BCUT2D eigenvalue weighted by atomic mass is 10.2. The Balaban J connectivity index is 2.22. The first-order chi connectivity index (χ1) is 7.29. The number of carbonyl (C=O) groups excluding carboxylic acids is 2. The van der Waals surface area contributed by atoms with Crippen LogP contribution in [0.4, 0.5) is 0 Å². The first kappa shape index (κ1) is 9.45. The number of hydrogen-bond donors (Lipinski definition) is 1. The summed E-state index contributed by atoms with van der Waals surface area (Å²) in [6.07, 6.45) is 2.88. The van der Waals surface area contributed by atoms with Crippen molar-refractivity contribution in [1.29, 1.82) is 0 Å². The molecule has 4 nitrogen and oxygen atoms in total. The third-order valence-corrected chi connectivity index (χ3v) is 2.13. The second-order valence-electron chi connectivity index (χ2n) is 3.13. The molecule has 1 heterocycles. The summed E-state index contributed by atoms with van der Waals surface area (Å²) >= 11 is 0. The predicted molar refractivity (Wildman–Crippen MR) is 54.8 cm³/mol. The average molecular weight is 202 g/mol. The van der Waals surface area contributed by atoms with E-state index >= 15 is 0 Å². The molecule has 15 heavy (non-hydrogen) atoms. The molecular formula is C11H10N2O2. The summed E-state index contributed by atoms with van der Waals surface area (Å²) in [5.74, 6) is -0.569. The molecule has 1 aromatic carbocycles. The second-order valence-corrected chi connectivity index (χ2v) is 3.13. The number of rotatable bonds is 1.